The van der Waals surface area contributed by atoms with E-state index in [1.165, 1.54) is 27.1 Å². The molecule has 0 aliphatic rings. The quantitative estimate of drug-likeness (QED) is 0.479. The summed E-state index contributed by atoms with van der Waals surface area (Å²) in [6.45, 7) is 4.11. The first-order valence-corrected chi connectivity index (χ1v) is 10.5. The summed E-state index contributed by atoms with van der Waals surface area (Å²) in [5.41, 5.74) is 1.97. The molecule has 2 aromatic rings. The predicted octanol–water partition coefficient (Wildman–Crippen LogP) is 1.56. The third kappa shape index (κ3) is 4.95. The van der Waals surface area contributed by atoms with E-state index in [9.17, 15) is 22.8 Å². The standard InChI is InChI=1S/C20H25N3O6S/c1-12-18(14(3)24)13(2)22-19(12)20(26)29-11-17(25)21-10-15-8-6-7-9-16(15)30(27,28)23(4)5/h6-9,22H,10-11H2,1-5H3,(H,21,25). The Morgan fingerprint density at radius 3 is 2.33 bits per heavy atom. The fourth-order valence-electron chi connectivity index (χ4n) is 3.03. The van der Waals surface area contributed by atoms with Crippen LogP contribution in [0.3, 0.4) is 0 Å². The number of carbonyl (C=O) groups excluding carboxylic acids is 3. The van der Waals surface area contributed by atoms with Crippen molar-refractivity contribution in [3.63, 3.8) is 0 Å². The molecule has 0 unspecified atom stereocenters. The normalized spacial score (nSPS) is 11.4. The largest absolute Gasteiger partial charge is 0.451 e. The van der Waals surface area contributed by atoms with E-state index < -0.39 is 28.5 Å². The highest BCUT2D eigenvalue weighted by Gasteiger charge is 2.23. The number of carbonyl (C=O) groups is 3. The van der Waals surface area contributed by atoms with Gasteiger partial charge in [0.25, 0.3) is 5.91 Å². The van der Waals surface area contributed by atoms with E-state index in [2.05, 4.69) is 10.3 Å². The Balaban J connectivity index is 2.01. The number of ether oxygens (including phenoxy) is 1. The fraction of sp³-hybridized carbons (Fsp3) is 0.350. The molecule has 0 saturated carbocycles. The predicted molar refractivity (Wildman–Crippen MR) is 110 cm³/mol. The van der Waals surface area contributed by atoms with Crippen molar-refractivity contribution in [2.75, 3.05) is 20.7 Å². The van der Waals surface area contributed by atoms with Crippen molar-refractivity contribution in [1.82, 2.24) is 14.6 Å². The Morgan fingerprint density at radius 2 is 1.77 bits per heavy atom. The second kappa shape index (κ2) is 9.23. The van der Waals surface area contributed by atoms with Crippen LogP contribution in [0, 0.1) is 13.8 Å². The van der Waals surface area contributed by atoms with Crippen LogP contribution in [0.1, 0.15) is 44.6 Å². The lowest BCUT2D eigenvalue weighted by Crippen LogP contribution is -2.30. The van der Waals surface area contributed by atoms with Crippen molar-refractivity contribution < 1.29 is 27.5 Å². The number of sulfonamides is 1. The van der Waals surface area contributed by atoms with Crippen LogP contribution in [0.2, 0.25) is 0 Å². The number of H-pyrrole nitrogens is 1. The van der Waals surface area contributed by atoms with Crippen LogP contribution in [-0.2, 0) is 26.1 Å². The average molecular weight is 436 g/mol. The van der Waals surface area contributed by atoms with E-state index >= 15 is 0 Å². The minimum atomic E-state index is -3.67. The number of esters is 1. The van der Waals surface area contributed by atoms with Gasteiger partial charge in [0, 0.05) is 31.9 Å². The van der Waals surface area contributed by atoms with E-state index in [4.69, 9.17) is 4.74 Å². The summed E-state index contributed by atoms with van der Waals surface area (Å²) in [5, 5.41) is 2.54. The number of nitrogens with one attached hydrogen (secondary N) is 2. The summed E-state index contributed by atoms with van der Waals surface area (Å²) in [6.07, 6.45) is 0. The topological polar surface area (TPSA) is 126 Å². The van der Waals surface area contributed by atoms with Gasteiger partial charge in [-0.15, -0.1) is 0 Å². The lowest BCUT2D eigenvalue weighted by atomic mass is 10.1. The van der Waals surface area contributed by atoms with Crippen molar-refractivity contribution in [2.24, 2.45) is 0 Å². The summed E-state index contributed by atoms with van der Waals surface area (Å²) in [4.78, 5) is 38.9. The number of nitrogens with zero attached hydrogens (tertiary/aromatic N) is 1. The van der Waals surface area contributed by atoms with E-state index in [1.807, 2.05) is 0 Å². The molecule has 10 heteroatoms. The highest BCUT2D eigenvalue weighted by atomic mass is 32.2. The Kier molecular flexibility index (Phi) is 7.16. The molecule has 2 N–H and O–H groups in total. The number of hydrogen-bond acceptors (Lipinski definition) is 6. The Morgan fingerprint density at radius 1 is 1.13 bits per heavy atom. The van der Waals surface area contributed by atoms with E-state index in [0.717, 1.165) is 4.31 Å². The summed E-state index contributed by atoms with van der Waals surface area (Å²) >= 11 is 0. The second-order valence-corrected chi connectivity index (χ2v) is 9.05. The number of rotatable bonds is 8. The zero-order valence-electron chi connectivity index (χ0n) is 17.5. The maximum absolute atomic E-state index is 12.4. The number of aromatic amines is 1. The molecular formula is C20H25N3O6S. The Hall–Kier alpha value is -2.98. The molecule has 0 fully saturated rings. The number of aryl methyl sites for hydroxylation is 1. The first kappa shape index (κ1) is 23.3. The molecule has 2 rings (SSSR count). The number of hydrogen-bond donors (Lipinski definition) is 2. The van der Waals surface area contributed by atoms with Gasteiger partial charge in [-0.1, -0.05) is 18.2 Å². The van der Waals surface area contributed by atoms with Gasteiger partial charge in [-0.3, -0.25) is 9.59 Å². The van der Waals surface area contributed by atoms with Gasteiger partial charge in [0.15, 0.2) is 12.4 Å². The van der Waals surface area contributed by atoms with Gasteiger partial charge in [0.05, 0.1) is 4.90 Å². The van der Waals surface area contributed by atoms with Gasteiger partial charge >= 0.3 is 5.97 Å². The molecule has 0 spiro atoms. The number of benzene rings is 1. The molecule has 1 heterocycles. The van der Waals surface area contributed by atoms with Crippen LogP contribution in [0.4, 0.5) is 0 Å². The maximum atomic E-state index is 12.4. The molecule has 0 radical (unpaired) electrons. The van der Waals surface area contributed by atoms with Crippen LogP contribution in [0.5, 0.6) is 0 Å². The molecular weight excluding hydrogens is 410 g/mol. The third-order valence-electron chi connectivity index (χ3n) is 4.54. The molecule has 1 amide bonds. The van der Waals surface area contributed by atoms with Crippen molar-refractivity contribution in [3.05, 3.63) is 52.3 Å². The molecule has 0 saturated heterocycles. The summed E-state index contributed by atoms with van der Waals surface area (Å²) in [6, 6.07) is 6.31. The Bertz CT molecular complexity index is 1090. The lowest BCUT2D eigenvalue weighted by molar-refractivity contribution is -0.124. The van der Waals surface area contributed by atoms with Crippen LogP contribution in [0.25, 0.3) is 0 Å². The molecule has 9 nitrogen and oxygen atoms in total. The monoisotopic (exact) mass is 435 g/mol. The fourth-order valence-corrected chi connectivity index (χ4v) is 4.14. The van der Waals surface area contributed by atoms with Gasteiger partial charge in [-0.25, -0.2) is 17.5 Å². The van der Waals surface area contributed by atoms with Gasteiger partial charge < -0.3 is 15.0 Å². The first-order chi connectivity index (χ1) is 14.0. The van der Waals surface area contributed by atoms with Crippen molar-refractivity contribution >= 4 is 27.7 Å². The van der Waals surface area contributed by atoms with E-state index in [1.54, 1.807) is 32.0 Å². The van der Waals surface area contributed by atoms with E-state index in [-0.39, 0.29) is 22.9 Å². The molecule has 0 atom stereocenters. The molecule has 0 aliphatic heterocycles. The zero-order valence-corrected chi connectivity index (χ0v) is 18.3. The molecule has 0 aliphatic carbocycles. The van der Waals surface area contributed by atoms with Gasteiger partial charge in [-0.2, -0.15) is 0 Å². The van der Waals surface area contributed by atoms with Gasteiger partial charge in [-0.05, 0) is 38.0 Å². The number of ketones is 1. The summed E-state index contributed by atoms with van der Waals surface area (Å²) < 4.78 is 30.9. The minimum Gasteiger partial charge on any atom is -0.451 e. The van der Waals surface area contributed by atoms with Crippen LogP contribution in [-0.4, -0.2) is 56.1 Å². The van der Waals surface area contributed by atoms with Crippen molar-refractivity contribution in [2.45, 2.75) is 32.2 Å². The maximum Gasteiger partial charge on any atom is 0.355 e. The summed E-state index contributed by atoms with van der Waals surface area (Å²) in [7, 11) is -0.821. The molecule has 30 heavy (non-hydrogen) atoms. The minimum absolute atomic E-state index is 0.0469. The molecule has 1 aromatic heterocycles. The molecule has 162 valence electrons. The summed E-state index contributed by atoms with van der Waals surface area (Å²) in [5.74, 6) is -1.52. The third-order valence-corrected chi connectivity index (χ3v) is 6.45. The van der Waals surface area contributed by atoms with Crippen LogP contribution < -0.4 is 5.32 Å². The number of amides is 1. The smallest absolute Gasteiger partial charge is 0.355 e. The number of Topliss-reactive ketones (excluding diaryl/α,β-unsaturated/α-hetero) is 1. The SMILES string of the molecule is CC(=O)c1c(C)[nH]c(C(=O)OCC(=O)NCc2ccccc2S(=O)(=O)N(C)C)c1C. The molecule has 0 bridgehead atoms. The van der Waals surface area contributed by atoms with Crippen LogP contribution in [0.15, 0.2) is 29.2 Å². The Labute approximate surface area is 175 Å². The number of aromatic nitrogens is 1. The lowest BCUT2D eigenvalue weighted by Gasteiger charge is -2.15. The van der Waals surface area contributed by atoms with Crippen LogP contribution >= 0.6 is 0 Å². The van der Waals surface area contributed by atoms with Gasteiger partial charge in [0.1, 0.15) is 5.69 Å². The van der Waals surface area contributed by atoms with Crippen molar-refractivity contribution in [3.8, 4) is 0 Å². The van der Waals surface area contributed by atoms with Crippen molar-refractivity contribution in [1.29, 1.82) is 0 Å². The second-order valence-electron chi connectivity index (χ2n) is 6.93. The first-order valence-electron chi connectivity index (χ1n) is 9.11. The van der Waals surface area contributed by atoms with Gasteiger partial charge in [0.2, 0.25) is 10.0 Å². The zero-order chi connectivity index (χ0) is 22.6. The average Bonchev–Trinajstić information content (AvgIpc) is 2.98. The highest BCUT2D eigenvalue weighted by molar-refractivity contribution is 7.89. The molecule has 1 aromatic carbocycles. The van der Waals surface area contributed by atoms with E-state index in [0.29, 0.717) is 22.4 Å². The highest BCUT2D eigenvalue weighted by Crippen LogP contribution is 2.20.